The molecule has 0 amide bonds. The third-order valence-corrected chi connectivity index (χ3v) is 5.47. The molecule has 6 heteroatoms. The Morgan fingerprint density at radius 2 is 1.72 bits per heavy atom. The van der Waals surface area contributed by atoms with Crippen LogP contribution in [0.25, 0.3) is 11.0 Å². The van der Waals surface area contributed by atoms with E-state index in [-0.39, 0.29) is 0 Å². The summed E-state index contributed by atoms with van der Waals surface area (Å²) in [6.07, 6.45) is 3.48. The summed E-state index contributed by atoms with van der Waals surface area (Å²) in [5.74, 6) is 0.864. The maximum atomic E-state index is 4.51. The Labute approximate surface area is 158 Å². The molecule has 0 N–H and O–H groups in total. The number of benzene rings is 2. The lowest BCUT2D eigenvalue weighted by molar-refractivity contribution is 0.703. The number of aromatic nitrogens is 4. The van der Waals surface area contributed by atoms with Crippen LogP contribution in [0.15, 0.2) is 76.6 Å². The van der Waals surface area contributed by atoms with Crippen molar-refractivity contribution in [1.82, 2.24) is 19.7 Å². The number of fused-ring (bicyclic) bond motifs is 1. The first-order valence-electron chi connectivity index (χ1n) is 7.87. The van der Waals surface area contributed by atoms with Gasteiger partial charge < -0.3 is 0 Å². The van der Waals surface area contributed by atoms with Crippen LogP contribution in [-0.2, 0) is 12.3 Å². The Hall–Kier alpha value is -2.18. The molecule has 0 aliphatic rings. The van der Waals surface area contributed by atoms with Gasteiger partial charge in [0.25, 0.3) is 0 Å². The number of hydrogen-bond donors (Lipinski definition) is 0. The molecule has 0 aliphatic carbocycles. The predicted molar refractivity (Wildman–Crippen MR) is 105 cm³/mol. The van der Waals surface area contributed by atoms with E-state index < -0.39 is 0 Å². The van der Waals surface area contributed by atoms with Crippen LogP contribution in [0, 0.1) is 0 Å². The molecule has 2 aromatic carbocycles. The van der Waals surface area contributed by atoms with E-state index in [0.717, 1.165) is 26.3 Å². The van der Waals surface area contributed by atoms with Crippen molar-refractivity contribution in [3.05, 3.63) is 82.7 Å². The second-order valence-corrected chi connectivity index (χ2v) is 7.50. The van der Waals surface area contributed by atoms with Gasteiger partial charge in [-0.25, -0.2) is 14.6 Å². The maximum absolute atomic E-state index is 4.51. The minimum absolute atomic E-state index is 0.707. The van der Waals surface area contributed by atoms with Gasteiger partial charge >= 0.3 is 0 Å². The van der Waals surface area contributed by atoms with Gasteiger partial charge in [-0.15, -0.1) is 11.8 Å². The molecule has 25 heavy (non-hydrogen) atoms. The van der Waals surface area contributed by atoms with Gasteiger partial charge in [-0.2, -0.15) is 5.10 Å². The molecule has 0 bridgehead atoms. The molecule has 0 aliphatic heterocycles. The van der Waals surface area contributed by atoms with Gasteiger partial charge in [0.15, 0.2) is 5.65 Å². The summed E-state index contributed by atoms with van der Waals surface area (Å²) >= 11 is 5.17. The van der Waals surface area contributed by atoms with E-state index in [1.165, 1.54) is 11.1 Å². The van der Waals surface area contributed by atoms with Crippen LogP contribution in [-0.4, -0.2) is 19.7 Å². The molecular formula is C19H15BrN4S. The third-order valence-electron chi connectivity index (χ3n) is 3.86. The SMILES string of the molecule is Brc1ccc(CSc2ncnc3c2cnn3Cc2ccccc2)cc1. The molecule has 2 heterocycles. The van der Waals surface area contributed by atoms with Crippen LogP contribution >= 0.6 is 27.7 Å². The number of nitrogens with zero attached hydrogens (tertiary/aromatic N) is 4. The lowest BCUT2D eigenvalue weighted by Crippen LogP contribution is -2.02. The number of rotatable bonds is 5. The molecule has 0 radical (unpaired) electrons. The van der Waals surface area contributed by atoms with Gasteiger partial charge in [0.1, 0.15) is 11.4 Å². The van der Waals surface area contributed by atoms with Gasteiger partial charge in [0, 0.05) is 10.2 Å². The van der Waals surface area contributed by atoms with Crippen molar-refractivity contribution < 1.29 is 0 Å². The summed E-state index contributed by atoms with van der Waals surface area (Å²) in [6.45, 7) is 0.707. The Bertz CT molecular complexity index is 983. The molecule has 2 aromatic heterocycles. The molecule has 124 valence electrons. The Kier molecular flexibility index (Phi) is 4.81. The quantitative estimate of drug-likeness (QED) is 0.345. The van der Waals surface area contributed by atoms with E-state index in [1.807, 2.05) is 29.1 Å². The first kappa shape index (κ1) is 16.3. The lowest BCUT2D eigenvalue weighted by Gasteiger charge is -2.05. The van der Waals surface area contributed by atoms with Crippen LogP contribution in [0.2, 0.25) is 0 Å². The van der Waals surface area contributed by atoms with Crippen LogP contribution in [0.4, 0.5) is 0 Å². The zero-order valence-electron chi connectivity index (χ0n) is 13.3. The van der Waals surface area contributed by atoms with Gasteiger partial charge in [0.05, 0.1) is 18.1 Å². The van der Waals surface area contributed by atoms with E-state index in [4.69, 9.17) is 0 Å². The summed E-state index contributed by atoms with van der Waals surface area (Å²) in [5, 5.41) is 6.48. The molecule has 0 saturated heterocycles. The zero-order chi connectivity index (χ0) is 17.1. The van der Waals surface area contributed by atoms with Crippen molar-refractivity contribution in [1.29, 1.82) is 0 Å². The molecule has 4 nitrogen and oxygen atoms in total. The minimum Gasteiger partial charge on any atom is -0.243 e. The van der Waals surface area contributed by atoms with Gasteiger partial charge in [0.2, 0.25) is 0 Å². The molecule has 4 aromatic rings. The second kappa shape index (κ2) is 7.37. The van der Waals surface area contributed by atoms with Gasteiger partial charge in [-0.1, -0.05) is 58.4 Å². The van der Waals surface area contributed by atoms with Gasteiger partial charge in [-0.3, -0.25) is 0 Å². The molecule has 4 rings (SSSR count). The third kappa shape index (κ3) is 3.75. The largest absolute Gasteiger partial charge is 0.243 e. The summed E-state index contributed by atoms with van der Waals surface area (Å²) < 4.78 is 3.02. The summed E-state index contributed by atoms with van der Waals surface area (Å²) in [6, 6.07) is 18.6. The molecule has 0 spiro atoms. The average Bonchev–Trinajstić information content (AvgIpc) is 3.06. The molecule has 0 fully saturated rings. The van der Waals surface area contributed by atoms with E-state index in [1.54, 1.807) is 18.1 Å². The molecule has 0 atom stereocenters. The number of halogens is 1. The normalized spacial score (nSPS) is 11.1. The molecule has 0 unspecified atom stereocenters. The summed E-state index contributed by atoms with van der Waals surface area (Å²) in [7, 11) is 0. The monoisotopic (exact) mass is 410 g/mol. The number of thioether (sulfide) groups is 1. The van der Waals surface area contributed by atoms with Crippen LogP contribution in [0.3, 0.4) is 0 Å². The van der Waals surface area contributed by atoms with E-state index in [2.05, 4.69) is 67.4 Å². The van der Waals surface area contributed by atoms with Crippen LogP contribution in [0.1, 0.15) is 11.1 Å². The fourth-order valence-corrected chi connectivity index (χ4v) is 3.77. The summed E-state index contributed by atoms with van der Waals surface area (Å²) in [5.41, 5.74) is 3.34. The average molecular weight is 411 g/mol. The smallest absolute Gasteiger partial charge is 0.162 e. The highest BCUT2D eigenvalue weighted by molar-refractivity contribution is 9.10. The summed E-state index contributed by atoms with van der Waals surface area (Å²) in [4.78, 5) is 8.88. The second-order valence-electron chi connectivity index (χ2n) is 5.62. The fraction of sp³-hybridized carbons (Fsp3) is 0.105. The molecule has 0 saturated carbocycles. The fourth-order valence-electron chi connectivity index (χ4n) is 2.59. The van der Waals surface area contributed by atoms with Crippen molar-refractivity contribution in [2.45, 2.75) is 17.3 Å². The standard InChI is InChI=1S/C19H15BrN4S/c20-16-8-6-15(7-9-16)12-25-19-17-10-23-24(18(17)21-13-22-19)11-14-4-2-1-3-5-14/h1-10,13H,11-12H2. The number of hydrogen-bond acceptors (Lipinski definition) is 4. The predicted octanol–water partition coefficient (Wildman–Crippen LogP) is 4.93. The first-order chi connectivity index (χ1) is 12.3. The van der Waals surface area contributed by atoms with Crippen molar-refractivity contribution in [3.8, 4) is 0 Å². The van der Waals surface area contributed by atoms with Crippen molar-refractivity contribution in [2.75, 3.05) is 0 Å². The van der Waals surface area contributed by atoms with Crippen molar-refractivity contribution >= 4 is 38.7 Å². The highest BCUT2D eigenvalue weighted by atomic mass is 79.9. The topological polar surface area (TPSA) is 43.6 Å². The van der Waals surface area contributed by atoms with Crippen molar-refractivity contribution in [2.24, 2.45) is 0 Å². The van der Waals surface area contributed by atoms with Crippen LogP contribution in [0.5, 0.6) is 0 Å². The highest BCUT2D eigenvalue weighted by Gasteiger charge is 2.10. The Morgan fingerprint density at radius 3 is 2.52 bits per heavy atom. The van der Waals surface area contributed by atoms with E-state index in [0.29, 0.717) is 6.54 Å². The first-order valence-corrected chi connectivity index (χ1v) is 9.65. The zero-order valence-corrected chi connectivity index (χ0v) is 15.7. The van der Waals surface area contributed by atoms with E-state index >= 15 is 0 Å². The van der Waals surface area contributed by atoms with Gasteiger partial charge in [-0.05, 0) is 23.3 Å². The minimum atomic E-state index is 0.707. The van der Waals surface area contributed by atoms with E-state index in [9.17, 15) is 0 Å². The lowest BCUT2D eigenvalue weighted by atomic mass is 10.2. The Morgan fingerprint density at radius 1 is 0.920 bits per heavy atom. The maximum Gasteiger partial charge on any atom is 0.162 e. The highest BCUT2D eigenvalue weighted by Crippen LogP contribution is 2.27. The van der Waals surface area contributed by atoms with Crippen LogP contribution < -0.4 is 0 Å². The van der Waals surface area contributed by atoms with Crippen molar-refractivity contribution in [3.63, 3.8) is 0 Å². The molecular weight excluding hydrogens is 396 g/mol. The Balaban J connectivity index is 1.57.